The molecule has 0 unspecified atom stereocenters. The van der Waals surface area contributed by atoms with E-state index in [0.717, 1.165) is 0 Å². The number of aromatic amines is 1. The first kappa shape index (κ1) is 17.8. The first-order valence-corrected chi connectivity index (χ1v) is 7.42. The molecule has 126 valence electrons. The van der Waals surface area contributed by atoms with Crippen LogP contribution in [-0.4, -0.2) is 34.2 Å². The van der Waals surface area contributed by atoms with Crippen LogP contribution in [0.15, 0.2) is 21.4 Å². The second kappa shape index (κ2) is 6.54. The fourth-order valence-corrected chi connectivity index (χ4v) is 3.00. The summed E-state index contributed by atoms with van der Waals surface area (Å²) in [6.45, 7) is 0. The minimum atomic E-state index is -1.63. The van der Waals surface area contributed by atoms with Gasteiger partial charge in [-0.05, 0) is 28.1 Å². The maximum Gasteiger partial charge on any atom is 0.342 e. The lowest BCUT2D eigenvalue weighted by atomic mass is 9.94. The van der Waals surface area contributed by atoms with Gasteiger partial charge in [-0.15, -0.1) is 0 Å². The van der Waals surface area contributed by atoms with Crippen LogP contribution in [0.2, 0.25) is 5.02 Å². The number of aromatic nitrogens is 1. The predicted octanol–water partition coefficient (Wildman–Crippen LogP) is 2.45. The van der Waals surface area contributed by atoms with Crippen molar-refractivity contribution in [2.75, 3.05) is 12.8 Å². The highest BCUT2D eigenvalue weighted by atomic mass is 79.9. The van der Waals surface area contributed by atoms with E-state index in [9.17, 15) is 24.6 Å². The molecule has 0 atom stereocenters. The summed E-state index contributed by atoms with van der Waals surface area (Å²) in [7, 11) is 1.29. The lowest BCUT2D eigenvalue weighted by molar-refractivity contribution is 0.0695. The van der Waals surface area contributed by atoms with Crippen molar-refractivity contribution in [1.29, 1.82) is 0 Å². The number of benzene rings is 1. The van der Waals surface area contributed by atoms with E-state index in [2.05, 4.69) is 15.9 Å². The first-order chi connectivity index (χ1) is 11.2. The number of hydrogen-bond acceptors (Lipinski definition) is 5. The largest absolute Gasteiger partial charge is 0.495 e. The number of aromatic carboxylic acids is 2. The molecule has 0 saturated heterocycles. The number of hydrogen-bond donors (Lipinski definition) is 4. The molecule has 1 aromatic carbocycles. The van der Waals surface area contributed by atoms with Gasteiger partial charge in [0.25, 0.3) is 5.56 Å². The van der Waals surface area contributed by atoms with Gasteiger partial charge in [-0.1, -0.05) is 11.6 Å². The maximum absolute atomic E-state index is 12.0. The lowest BCUT2D eigenvalue weighted by Crippen LogP contribution is -2.24. The quantitative estimate of drug-likeness (QED) is 0.598. The number of methoxy groups -OCH3 is 1. The van der Waals surface area contributed by atoms with Crippen LogP contribution in [0.25, 0.3) is 11.1 Å². The first-order valence-electron chi connectivity index (χ1n) is 6.25. The normalized spacial score (nSPS) is 10.5. The van der Waals surface area contributed by atoms with E-state index in [1.807, 2.05) is 4.98 Å². The summed E-state index contributed by atoms with van der Waals surface area (Å²) >= 11 is 9.34. The number of nitrogens with two attached hydrogens (primary N) is 1. The van der Waals surface area contributed by atoms with Crippen molar-refractivity contribution in [2.24, 2.45) is 0 Å². The van der Waals surface area contributed by atoms with Crippen molar-refractivity contribution in [1.82, 2.24) is 4.98 Å². The molecule has 0 spiro atoms. The molecule has 0 aliphatic heterocycles. The fourth-order valence-electron chi connectivity index (χ4n) is 2.26. The summed E-state index contributed by atoms with van der Waals surface area (Å²) < 4.78 is 5.58. The number of halogens is 2. The molecule has 2 aromatic rings. The number of H-pyrrole nitrogens is 1. The highest BCUT2D eigenvalue weighted by molar-refractivity contribution is 9.10. The molecule has 0 radical (unpaired) electrons. The number of nitrogens with one attached hydrogen (secondary N) is 1. The number of carboxylic acid groups (broad SMARTS) is 2. The molecular formula is C14H10BrClN2O6. The van der Waals surface area contributed by atoms with E-state index >= 15 is 0 Å². The van der Waals surface area contributed by atoms with Crippen molar-refractivity contribution in [2.45, 2.75) is 0 Å². The molecule has 0 aliphatic carbocycles. The van der Waals surface area contributed by atoms with E-state index in [-0.39, 0.29) is 16.3 Å². The van der Waals surface area contributed by atoms with Crippen molar-refractivity contribution in [3.05, 3.63) is 43.1 Å². The Morgan fingerprint density at radius 3 is 2.29 bits per heavy atom. The molecule has 1 aromatic heterocycles. The Morgan fingerprint density at radius 1 is 1.21 bits per heavy atom. The van der Waals surface area contributed by atoms with Gasteiger partial charge in [-0.3, -0.25) is 4.79 Å². The van der Waals surface area contributed by atoms with Gasteiger partial charge in [0.05, 0.1) is 16.6 Å². The molecule has 0 bridgehead atoms. The predicted molar refractivity (Wildman–Crippen MR) is 90.1 cm³/mol. The number of pyridine rings is 1. The molecule has 0 saturated carbocycles. The lowest BCUT2D eigenvalue weighted by Gasteiger charge is -2.17. The van der Waals surface area contributed by atoms with E-state index in [1.165, 1.54) is 19.2 Å². The molecule has 0 aliphatic rings. The Morgan fingerprint density at radius 2 is 1.79 bits per heavy atom. The monoisotopic (exact) mass is 416 g/mol. The molecule has 8 nitrogen and oxygen atoms in total. The molecule has 2 rings (SSSR count). The zero-order chi connectivity index (χ0) is 18.2. The Balaban J connectivity index is 3.15. The smallest absolute Gasteiger partial charge is 0.342 e. The van der Waals surface area contributed by atoms with Gasteiger partial charge in [0.15, 0.2) is 0 Å². The molecule has 24 heavy (non-hydrogen) atoms. The number of carboxylic acids is 2. The van der Waals surface area contributed by atoms with Crippen LogP contribution in [0.4, 0.5) is 5.82 Å². The van der Waals surface area contributed by atoms with Crippen LogP contribution in [0.5, 0.6) is 5.75 Å². The molecule has 0 fully saturated rings. The van der Waals surface area contributed by atoms with Crippen molar-refractivity contribution in [3.8, 4) is 16.9 Å². The van der Waals surface area contributed by atoms with Gasteiger partial charge < -0.3 is 25.7 Å². The van der Waals surface area contributed by atoms with Crippen LogP contribution in [0.3, 0.4) is 0 Å². The number of carbonyl (C=O) groups is 2. The molecule has 5 N–H and O–H groups in total. The average molecular weight is 418 g/mol. The molecule has 0 amide bonds. The van der Waals surface area contributed by atoms with E-state index < -0.39 is 40.0 Å². The van der Waals surface area contributed by atoms with Gasteiger partial charge in [-0.2, -0.15) is 0 Å². The van der Waals surface area contributed by atoms with Crippen molar-refractivity contribution >= 4 is 45.3 Å². The van der Waals surface area contributed by atoms with Gasteiger partial charge in [0.2, 0.25) is 0 Å². The standard InChI is InChI=1S/C14H10BrClN2O6/c1-24-10-4(15)2-3-5(16)6(10)7-8(13(20)21)11(17)18-12(19)9(7)14(22)23/h2-3H,1H3,(H,20,21)(H,22,23)(H3,17,18,19). The van der Waals surface area contributed by atoms with Crippen molar-refractivity contribution in [3.63, 3.8) is 0 Å². The minimum absolute atomic E-state index is 0.00921. The Hall–Kier alpha value is -2.52. The van der Waals surface area contributed by atoms with Crippen molar-refractivity contribution < 1.29 is 24.5 Å². The Kier molecular flexibility index (Phi) is 4.86. The summed E-state index contributed by atoms with van der Waals surface area (Å²) in [5.74, 6) is -3.59. The minimum Gasteiger partial charge on any atom is -0.495 e. The second-order valence-electron chi connectivity index (χ2n) is 4.54. The Bertz CT molecular complexity index is 924. The number of nitrogen functional groups attached to an aromatic ring is 1. The maximum atomic E-state index is 12.0. The third-order valence-corrected chi connectivity index (χ3v) is 4.12. The van der Waals surface area contributed by atoms with Crippen LogP contribution >= 0.6 is 27.5 Å². The van der Waals surface area contributed by atoms with E-state index in [1.54, 1.807) is 0 Å². The fraction of sp³-hybridized carbons (Fsp3) is 0.0714. The van der Waals surface area contributed by atoms with Gasteiger partial charge >= 0.3 is 11.9 Å². The van der Waals surface area contributed by atoms with Crippen LogP contribution in [0, 0.1) is 0 Å². The Labute approximate surface area is 148 Å². The third-order valence-electron chi connectivity index (χ3n) is 3.19. The molecule has 1 heterocycles. The van der Waals surface area contributed by atoms with Gasteiger partial charge in [0.1, 0.15) is 22.7 Å². The zero-order valence-corrected chi connectivity index (χ0v) is 14.4. The summed E-state index contributed by atoms with van der Waals surface area (Å²) in [5.41, 5.74) is 2.63. The SMILES string of the molecule is COc1c(Br)ccc(Cl)c1-c1c(C(=O)O)c(N)[nH]c(=O)c1C(=O)O. The highest BCUT2D eigenvalue weighted by Gasteiger charge is 2.30. The highest BCUT2D eigenvalue weighted by Crippen LogP contribution is 2.44. The summed E-state index contributed by atoms with van der Waals surface area (Å²) in [4.78, 5) is 37.2. The van der Waals surface area contributed by atoms with E-state index in [4.69, 9.17) is 22.1 Å². The third kappa shape index (κ3) is 2.83. The topological polar surface area (TPSA) is 143 Å². The number of anilines is 1. The van der Waals surface area contributed by atoms with Gasteiger partial charge in [0, 0.05) is 11.1 Å². The molecular weight excluding hydrogens is 408 g/mol. The van der Waals surface area contributed by atoms with E-state index in [0.29, 0.717) is 4.47 Å². The summed E-state index contributed by atoms with van der Waals surface area (Å²) in [6, 6.07) is 2.93. The zero-order valence-electron chi connectivity index (χ0n) is 12.0. The summed E-state index contributed by atoms with van der Waals surface area (Å²) in [6.07, 6.45) is 0. The second-order valence-corrected chi connectivity index (χ2v) is 5.80. The number of ether oxygens (including phenoxy) is 1. The van der Waals surface area contributed by atoms with Crippen LogP contribution in [0.1, 0.15) is 20.7 Å². The average Bonchev–Trinajstić information content (AvgIpc) is 2.47. The van der Waals surface area contributed by atoms with Crippen LogP contribution < -0.4 is 16.0 Å². The number of rotatable bonds is 4. The van der Waals surface area contributed by atoms with Gasteiger partial charge in [-0.25, -0.2) is 9.59 Å². The molecule has 10 heteroatoms. The summed E-state index contributed by atoms with van der Waals surface area (Å²) in [5, 5.41) is 18.8. The van der Waals surface area contributed by atoms with Crippen LogP contribution in [-0.2, 0) is 0 Å².